The van der Waals surface area contributed by atoms with Crippen molar-refractivity contribution in [1.29, 1.82) is 0 Å². The van der Waals surface area contributed by atoms with Crippen LogP contribution in [0.5, 0.6) is 0 Å². The third-order valence-corrected chi connectivity index (χ3v) is 7.11. The molecule has 0 N–H and O–H groups in total. The van der Waals surface area contributed by atoms with Crippen molar-refractivity contribution >= 4 is 0 Å². The average molecular weight is 818 g/mol. The molecule has 0 spiro atoms. The normalized spacial score (nSPS) is 15.5. The van der Waals surface area contributed by atoms with Crippen LogP contribution in [0.3, 0.4) is 0 Å². The van der Waals surface area contributed by atoms with E-state index >= 15 is 0 Å². The predicted molar refractivity (Wildman–Crippen MR) is 122 cm³/mol. The molecule has 0 unspecified atom stereocenters. The highest BCUT2D eigenvalue weighted by Gasteiger charge is 2.77. The van der Waals surface area contributed by atoms with Gasteiger partial charge in [-0.15, -0.1) is 0 Å². The van der Waals surface area contributed by atoms with E-state index in [1.165, 1.54) is 0 Å². The maximum atomic E-state index is 13.8. The van der Waals surface area contributed by atoms with Gasteiger partial charge in [0.1, 0.15) is 0 Å². The molecule has 308 valence electrons. The summed E-state index contributed by atoms with van der Waals surface area (Å²) in [6, 6.07) is 0. The van der Waals surface area contributed by atoms with E-state index in [1.807, 2.05) is 0 Å². The van der Waals surface area contributed by atoms with Gasteiger partial charge in [-0.2, -0.15) is 79.0 Å². The molecule has 0 rings (SSSR count). The number of hydrogen-bond donors (Lipinski definition) is 0. The first kappa shape index (κ1) is 49.2. The Labute approximate surface area is 270 Å². The van der Waals surface area contributed by atoms with Crippen molar-refractivity contribution in [2.45, 2.75) is 105 Å². The fraction of sp³-hybridized carbons (Fsp3) is 1.00. The van der Waals surface area contributed by atoms with Crippen LogP contribution in [0.25, 0.3) is 0 Å². The quantitative estimate of drug-likeness (QED) is 0.0679. The zero-order chi connectivity index (χ0) is 40.9. The van der Waals surface area contributed by atoms with E-state index in [-0.39, 0.29) is 0 Å². The van der Waals surface area contributed by atoms with Crippen molar-refractivity contribution in [2.75, 3.05) is 39.6 Å². The van der Waals surface area contributed by atoms with E-state index in [4.69, 9.17) is 0 Å². The molecule has 0 aromatic rings. The van der Waals surface area contributed by atoms with E-state index < -0.39 is 143 Å². The monoisotopic (exact) mass is 818 g/mol. The maximum absolute atomic E-state index is 13.8. The maximum Gasteiger partial charge on any atom is 0.377 e. The fourth-order valence-corrected chi connectivity index (χ4v) is 3.51. The summed E-state index contributed by atoms with van der Waals surface area (Å²) in [6.07, 6.45) is -24.1. The first-order valence-corrected chi connectivity index (χ1v) is 13.5. The van der Waals surface area contributed by atoms with Gasteiger partial charge in [0.05, 0.1) is 39.6 Å². The summed E-state index contributed by atoms with van der Waals surface area (Å²) >= 11 is 0. The van der Waals surface area contributed by atoms with E-state index in [0.717, 1.165) is 6.92 Å². The molecule has 0 amide bonds. The first-order valence-electron chi connectivity index (χ1n) is 13.5. The molecule has 0 aliphatic heterocycles. The Balaban J connectivity index is 5.97. The number of hydrogen-bond acceptors (Lipinski definition) is 3. The minimum atomic E-state index is -6.73. The Bertz CT molecular complexity index is 937. The molecule has 0 radical (unpaired) electrons. The Morgan fingerprint density at radius 1 is 0.373 bits per heavy atom. The smallest absolute Gasteiger partial charge is 0.377 e. The van der Waals surface area contributed by atoms with Gasteiger partial charge in [-0.05, 0) is 6.42 Å². The van der Waals surface area contributed by atoms with Gasteiger partial charge in [0.25, 0.3) is 0 Å². The summed E-state index contributed by atoms with van der Waals surface area (Å²) in [7, 11) is 0. The van der Waals surface area contributed by atoms with Crippen LogP contribution in [0, 0.1) is 5.41 Å². The highest BCUT2D eigenvalue weighted by molar-refractivity contribution is 4.99. The second-order valence-corrected chi connectivity index (χ2v) is 10.9. The van der Waals surface area contributed by atoms with Crippen LogP contribution in [-0.2, 0) is 14.2 Å². The molecule has 0 atom stereocenters. The third kappa shape index (κ3) is 10.2. The number of alkyl halides is 24. The van der Waals surface area contributed by atoms with E-state index in [0.29, 0.717) is 0 Å². The van der Waals surface area contributed by atoms with Crippen LogP contribution in [0.2, 0.25) is 0 Å². The van der Waals surface area contributed by atoms with Crippen LogP contribution < -0.4 is 0 Å². The Morgan fingerprint density at radius 2 is 0.569 bits per heavy atom. The van der Waals surface area contributed by atoms with Crippen molar-refractivity contribution in [1.82, 2.24) is 0 Å². The zero-order valence-corrected chi connectivity index (χ0v) is 25.1. The van der Waals surface area contributed by atoms with E-state index in [9.17, 15) is 105 Å². The standard InChI is InChI=1S/C24H26F24O3/c1-2-15(9-49-6-3-16(31,32)22(43,44)19(37,38)12(25)26,10-50-7-4-17(33,34)23(45,46)20(39,40)13(27)28)11-51-8-5-18(35,36)24(47,48)21(41,42)14(29)30/h12-14H,2-11H2,1H3. The molecule has 0 fully saturated rings. The molecule has 0 heterocycles. The Morgan fingerprint density at radius 3 is 0.725 bits per heavy atom. The van der Waals surface area contributed by atoms with Crippen molar-refractivity contribution in [3.63, 3.8) is 0 Å². The molecule has 0 aromatic heterocycles. The Hall–Kier alpha value is -1.80. The summed E-state index contributed by atoms with van der Waals surface area (Å²) in [6.45, 7) is -8.54. The van der Waals surface area contributed by atoms with Crippen molar-refractivity contribution in [3.8, 4) is 0 Å². The third-order valence-electron chi connectivity index (χ3n) is 7.11. The van der Waals surface area contributed by atoms with Gasteiger partial charge in [0.2, 0.25) is 0 Å². The van der Waals surface area contributed by atoms with Gasteiger partial charge < -0.3 is 14.2 Å². The lowest BCUT2D eigenvalue weighted by atomic mass is 9.88. The largest absolute Gasteiger partial charge is 0.380 e. The molecular weight excluding hydrogens is 792 g/mol. The molecule has 27 heteroatoms. The lowest BCUT2D eigenvalue weighted by Crippen LogP contribution is -2.58. The molecule has 0 bridgehead atoms. The van der Waals surface area contributed by atoms with Crippen LogP contribution >= 0.6 is 0 Å². The fourth-order valence-electron chi connectivity index (χ4n) is 3.51. The SMILES string of the molecule is CCC(COCCC(F)(F)C(F)(F)C(F)(F)C(F)F)(COCCC(F)(F)C(F)(F)C(F)(F)C(F)F)COCCC(F)(F)C(F)(F)C(F)(F)C(F)F. The van der Waals surface area contributed by atoms with Gasteiger partial charge in [0, 0.05) is 24.7 Å². The van der Waals surface area contributed by atoms with Gasteiger partial charge in [0.15, 0.2) is 0 Å². The highest BCUT2D eigenvalue weighted by Crippen LogP contribution is 2.52. The van der Waals surface area contributed by atoms with Crippen LogP contribution in [0.1, 0.15) is 32.6 Å². The molecular formula is C24H26F24O3. The summed E-state index contributed by atoms with van der Waals surface area (Å²) in [5.74, 6) is -57.9. The molecule has 51 heavy (non-hydrogen) atoms. The second-order valence-electron chi connectivity index (χ2n) is 10.9. The first-order chi connectivity index (χ1) is 22.5. The predicted octanol–water partition coefficient (Wildman–Crippen LogP) is 10.1. The molecule has 0 aromatic carbocycles. The topological polar surface area (TPSA) is 27.7 Å². The van der Waals surface area contributed by atoms with Crippen molar-refractivity contribution in [3.05, 3.63) is 0 Å². The van der Waals surface area contributed by atoms with Gasteiger partial charge in [-0.1, -0.05) is 6.92 Å². The minimum Gasteiger partial charge on any atom is -0.380 e. The number of halogens is 24. The van der Waals surface area contributed by atoms with Crippen LogP contribution in [0.15, 0.2) is 0 Å². The lowest BCUT2D eigenvalue weighted by molar-refractivity contribution is -0.341. The molecule has 0 aliphatic carbocycles. The van der Waals surface area contributed by atoms with Gasteiger partial charge in [-0.3, -0.25) is 0 Å². The highest BCUT2D eigenvalue weighted by atomic mass is 19.4. The number of rotatable bonds is 25. The summed E-state index contributed by atoms with van der Waals surface area (Å²) in [5, 5.41) is 0. The van der Waals surface area contributed by atoms with E-state index in [1.54, 1.807) is 0 Å². The summed E-state index contributed by atoms with van der Waals surface area (Å²) in [5.41, 5.74) is -2.28. The molecule has 3 nitrogen and oxygen atoms in total. The van der Waals surface area contributed by atoms with Crippen molar-refractivity contribution < 1.29 is 120 Å². The molecule has 0 saturated heterocycles. The number of ether oxygens (including phenoxy) is 3. The lowest BCUT2D eigenvalue weighted by Gasteiger charge is -2.35. The van der Waals surface area contributed by atoms with Crippen LogP contribution in [0.4, 0.5) is 105 Å². The molecule has 0 saturated carbocycles. The van der Waals surface area contributed by atoms with Gasteiger partial charge >= 0.3 is 72.6 Å². The minimum absolute atomic E-state index is 0.699. The molecule has 0 aliphatic rings. The average Bonchev–Trinajstić information content (AvgIpc) is 2.98. The Kier molecular flexibility index (Phi) is 16.1. The van der Waals surface area contributed by atoms with Crippen LogP contribution in [-0.4, -0.2) is 112 Å². The summed E-state index contributed by atoms with van der Waals surface area (Å²) < 4.78 is 329. The summed E-state index contributed by atoms with van der Waals surface area (Å²) in [4.78, 5) is 0. The van der Waals surface area contributed by atoms with Crippen molar-refractivity contribution in [2.24, 2.45) is 5.41 Å². The van der Waals surface area contributed by atoms with Gasteiger partial charge in [-0.25, -0.2) is 26.3 Å². The second kappa shape index (κ2) is 16.7. The zero-order valence-electron chi connectivity index (χ0n) is 25.1. The van der Waals surface area contributed by atoms with E-state index in [2.05, 4.69) is 14.2 Å².